The zero-order valence-electron chi connectivity index (χ0n) is 14.2. The van der Waals surface area contributed by atoms with Crippen LogP contribution in [0.1, 0.15) is 43.6 Å². The summed E-state index contributed by atoms with van der Waals surface area (Å²) in [6.07, 6.45) is 6.42. The molecule has 2 saturated heterocycles. The highest BCUT2D eigenvalue weighted by molar-refractivity contribution is 5.84. The fourth-order valence-corrected chi connectivity index (χ4v) is 4.62. The van der Waals surface area contributed by atoms with Gasteiger partial charge in [-0.1, -0.05) is 30.3 Å². The number of likely N-dealkylation sites (N-methyl/N-ethyl adjacent to an activating group) is 1. The van der Waals surface area contributed by atoms with Gasteiger partial charge < -0.3 is 9.80 Å². The zero-order valence-corrected chi connectivity index (χ0v) is 14.2. The Labute approximate surface area is 139 Å². The van der Waals surface area contributed by atoms with E-state index in [9.17, 15) is 4.79 Å². The van der Waals surface area contributed by atoms with Gasteiger partial charge in [0, 0.05) is 20.1 Å². The minimum atomic E-state index is 0.0601. The monoisotopic (exact) mass is 312 g/mol. The number of benzene rings is 1. The second kappa shape index (κ2) is 5.94. The van der Waals surface area contributed by atoms with Crippen molar-refractivity contribution in [2.45, 2.75) is 38.0 Å². The van der Waals surface area contributed by atoms with Gasteiger partial charge in [0.05, 0.1) is 5.92 Å². The van der Waals surface area contributed by atoms with E-state index in [4.69, 9.17) is 0 Å². The quantitative estimate of drug-likeness (QED) is 0.856. The van der Waals surface area contributed by atoms with Gasteiger partial charge in [0.25, 0.3) is 0 Å². The van der Waals surface area contributed by atoms with Crippen LogP contribution in [-0.4, -0.2) is 48.9 Å². The first kappa shape index (κ1) is 15.2. The van der Waals surface area contributed by atoms with Crippen molar-refractivity contribution < 1.29 is 4.79 Å². The van der Waals surface area contributed by atoms with Gasteiger partial charge >= 0.3 is 0 Å². The van der Waals surface area contributed by atoms with Crippen LogP contribution >= 0.6 is 0 Å². The number of hydrogen-bond acceptors (Lipinski definition) is 2. The van der Waals surface area contributed by atoms with Crippen molar-refractivity contribution in [1.82, 2.24) is 9.80 Å². The summed E-state index contributed by atoms with van der Waals surface area (Å²) in [4.78, 5) is 17.3. The van der Waals surface area contributed by atoms with Gasteiger partial charge in [-0.2, -0.15) is 0 Å². The number of amides is 1. The second-order valence-electron chi connectivity index (χ2n) is 8.11. The molecule has 23 heavy (non-hydrogen) atoms. The molecule has 2 aliphatic heterocycles. The molecule has 1 atom stereocenters. The lowest BCUT2D eigenvalue weighted by Gasteiger charge is -2.49. The average molecular weight is 312 g/mol. The van der Waals surface area contributed by atoms with Gasteiger partial charge in [-0.25, -0.2) is 0 Å². The number of carbonyl (C=O) groups excluding carboxylic acids is 1. The number of likely N-dealkylation sites (tertiary alicyclic amines) is 2. The lowest BCUT2D eigenvalue weighted by Crippen LogP contribution is -2.52. The summed E-state index contributed by atoms with van der Waals surface area (Å²) in [5, 5.41) is 0. The van der Waals surface area contributed by atoms with E-state index in [1.165, 1.54) is 50.9 Å². The maximum absolute atomic E-state index is 12.7. The van der Waals surface area contributed by atoms with Crippen LogP contribution in [0.2, 0.25) is 0 Å². The van der Waals surface area contributed by atoms with Crippen LogP contribution in [0.4, 0.5) is 0 Å². The minimum Gasteiger partial charge on any atom is -0.345 e. The Hall–Kier alpha value is -1.35. The molecule has 1 saturated carbocycles. The summed E-state index contributed by atoms with van der Waals surface area (Å²) in [5.74, 6) is 1.35. The first-order valence-corrected chi connectivity index (χ1v) is 9.18. The van der Waals surface area contributed by atoms with E-state index in [1.807, 2.05) is 18.0 Å². The molecule has 4 rings (SSSR count). The molecule has 0 radical (unpaired) electrons. The van der Waals surface area contributed by atoms with Gasteiger partial charge in [0.1, 0.15) is 0 Å². The number of carbonyl (C=O) groups is 1. The summed E-state index contributed by atoms with van der Waals surface area (Å²) >= 11 is 0. The van der Waals surface area contributed by atoms with Crippen molar-refractivity contribution in [1.29, 1.82) is 0 Å². The van der Waals surface area contributed by atoms with Crippen LogP contribution < -0.4 is 0 Å². The SMILES string of the molecule is CN1CC2(CCN(CC3CC3)CC2)C[C@H](c2ccccc2)C1=O. The summed E-state index contributed by atoms with van der Waals surface area (Å²) < 4.78 is 0. The molecule has 0 unspecified atom stereocenters. The van der Waals surface area contributed by atoms with Crippen LogP contribution in [0.3, 0.4) is 0 Å². The average Bonchev–Trinajstić information content (AvgIpc) is 3.38. The summed E-state index contributed by atoms with van der Waals surface area (Å²) in [6, 6.07) is 10.4. The smallest absolute Gasteiger partial charge is 0.229 e. The first-order valence-electron chi connectivity index (χ1n) is 9.18. The Bertz CT molecular complexity index is 558. The standard InChI is InChI=1S/C20H28N2O/c1-21-15-20(9-11-22(12-10-20)14-16-7-8-16)13-18(19(21)23)17-5-3-2-4-6-17/h2-6,16,18H,7-15H2,1H3/t18-/m1/s1. The van der Waals surface area contributed by atoms with Crippen LogP contribution in [0.15, 0.2) is 30.3 Å². The fraction of sp³-hybridized carbons (Fsp3) is 0.650. The van der Waals surface area contributed by atoms with Crippen molar-refractivity contribution >= 4 is 5.91 Å². The van der Waals surface area contributed by atoms with Crippen LogP contribution in [0, 0.1) is 11.3 Å². The third-order valence-electron chi connectivity index (χ3n) is 6.22. The molecule has 0 aromatic heterocycles. The molecule has 1 aliphatic carbocycles. The molecule has 1 aromatic carbocycles. The Morgan fingerprint density at radius 2 is 1.83 bits per heavy atom. The van der Waals surface area contributed by atoms with Crippen molar-refractivity contribution in [3.05, 3.63) is 35.9 Å². The van der Waals surface area contributed by atoms with Crippen LogP contribution in [0.25, 0.3) is 0 Å². The number of piperidine rings is 2. The topological polar surface area (TPSA) is 23.6 Å². The third kappa shape index (κ3) is 3.16. The van der Waals surface area contributed by atoms with Gasteiger partial charge in [0.2, 0.25) is 5.91 Å². The molecular weight excluding hydrogens is 284 g/mol. The third-order valence-corrected chi connectivity index (χ3v) is 6.22. The Balaban J connectivity index is 1.47. The molecule has 3 fully saturated rings. The van der Waals surface area contributed by atoms with E-state index in [2.05, 4.69) is 29.2 Å². The van der Waals surface area contributed by atoms with Gasteiger partial charge in [0.15, 0.2) is 0 Å². The first-order chi connectivity index (χ1) is 11.2. The molecular formula is C20H28N2O. The molecule has 1 amide bonds. The van der Waals surface area contributed by atoms with Crippen molar-refractivity contribution in [3.8, 4) is 0 Å². The van der Waals surface area contributed by atoms with E-state index in [-0.39, 0.29) is 5.92 Å². The maximum Gasteiger partial charge on any atom is 0.229 e. The molecule has 1 spiro atoms. The van der Waals surface area contributed by atoms with Gasteiger partial charge in [-0.05, 0) is 62.1 Å². The highest BCUT2D eigenvalue weighted by Crippen LogP contribution is 2.45. The summed E-state index contributed by atoms with van der Waals surface area (Å²) in [7, 11) is 2.00. The summed E-state index contributed by atoms with van der Waals surface area (Å²) in [6.45, 7) is 4.71. The van der Waals surface area contributed by atoms with E-state index in [1.54, 1.807) is 0 Å². The van der Waals surface area contributed by atoms with E-state index >= 15 is 0 Å². The minimum absolute atomic E-state index is 0.0601. The lowest BCUT2D eigenvalue weighted by molar-refractivity contribution is -0.139. The molecule has 3 aliphatic rings. The predicted molar refractivity (Wildman–Crippen MR) is 92.3 cm³/mol. The Morgan fingerprint density at radius 1 is 1.13 bits per heavy atom. The van der Waals surface area contributed by atoms with E-state index < -0.39 is 0 Å². The molecule has 1 aromatic rings. The summed E-state index contributed by atoms with van der Waals surface area (Å²) in [5.41, 5.74) is 1.53. The molecule has 3 heteroatoms. The van der Waals surface area contributed by atoms with Crippen molar-refractivity contribution in [2.24, 2.45) is 11.3 Å². The highest BCUT2D eigenvalue weighted by atomic mass is 16.2. The predicted octanol–water partition coefficient (Wildman–Crippen LogP) is 3.12. The Morgan fingerprint density at radius 3 is 2.48 bits per heavy atom. The maximum atomic E-state index is 12.7. The van der Waals surface area contributed by atoms with Gasteiger partial charge in [-0.15, -0.1) is 0 Å². The number of nitrogens with zero attached hydrogens (tertiary/aromatic N) is 2. The molecule has 3 nitrogen and oxygen atoms in total. The molecule has 2 heterocycles. The van der Waals surface area contributed by atoms with Crippen LogP contribution in [-0.2, 0) is 4.79 Å². The molecule has 124 valence electrons. The lowest BCUT2D eigenvalue weighted by atomic mass is 9.67. The number of hydrogen-bond donors (Lipinski definition) is 0. The van der Waals surface area contributed by atoms with Crippen LogP contribution in [0.5, 0.6) is 0 Å². The van der Waals surface area contributed by atoms with E-state index in [0.29, 0.717) is 11.3 Å². The fourth-order valence-electron chi connectivity index (χ4n) is 4.62. The zero-order chi connectivity index (χ0) is 15.9. The molecule has 0 N–H and O–H groups in total. The highest BCUT2D eigenvalue weighted by Gasteiger charge is 2.45. The van der Waals surface area contributed by atoms with Crippen molar-refractivity contribution in [2.75, 3.05) is 33.2 Å². The molecule has 0 bridgehead atoms. The van der Waals surface area contributed by atoms with Crippen molar-refractivity contribution in [3.63, 3.8) is 0 Å². The Kier molecular flexibility index (Phi) is 3.92. The largest absolute Gasteiger partial charge is 0.345 e. The van der Waals surface area contributed by atoms with E-state index in [0.717, 1.165) is 18.9 Å². The van der Waals surface area contributed by atoms with Gasteiger partial charge in [-0.3, -0.25) is 4.79 Å². The normalized spacial score (nSPS) is 28.3. The number of rotatable bonds is 3. The second-order valence-corrected chi connectivity index (χ2v) is 8.11.